The molecule has 0 saturated carbocycles. The molecule has 162 valence electrons. The molecule has 0 radical (unpaired) electrons. The number of halogens is 1. The molecular formula is C25H21ClN2O4. The van der Waals surface area contributed by atoms with Crippen molar-refractivity contribution in [1.29, 1.82) is 0 Å². The van der Waals surface area contributed by atoms with E-state index in [-0.39, 0.29) is 0 Å². The van der Waals surface area contributed by atoms with Gasteiger partial charge in [-0.3, -0.25) is 0 Å². The first-order valence-electron chi connectivity index (χ1n) is 9.87. The summed E-state index contributed by atoms with van der Waals surface area (Å²) < 4.78 is 22.1. The molecule has 0 saturated heterocycles. The Hall–Kier alpha value is -3.77. The number of aromatic nitrogens is 2. The highest BCUT2D eigenvalue weighted by atomic mass is 35.5. The molecule has 0 bridgehead atoms. The maximum Gasteiger partial charge on any atom is 0.250 e. The average Bonchev–Trinajstić information content (AvgIpc) is 3.31. The summed E-state index contributed by atoms with van der Waals surface area (Å²) in [4.78, 5) is 4.42. The van der Waals surface area contributed by atoms with E-state index < -0.39 is 0 Å². The van der Waals surface area contributed by atoms with E-state index in [1.165, 1.54) is 0 Å². The van der Waals surface area contributed by atoms with Crippen LogP contribution in [0.15, 0.2) is 71.3 Å². The van der Waals surface area contributed by atoms with Crippen LogP contribution in [0.25, 0.3) is 23.5 Å². The molecule has 0 aliphatic heterocycles. The first-order valence-corrected chi connectivity index (χ1v) is 10.2. The number of hydrogen-bond donors (Lipinski definition) is 0. The van der Waals surface area contributed by atoms with Crippen LogP contribution in [-0.4, -0.2) is 24.4 Å². The Kier molecular flexibility index (Phi) is 6.72. The van der Waals surface area contributed by atoms with Crippen LogP contribution >= 0.6 is 11.6 Å². The largest absolute Gasteiger partial charge is 0.496 e. The van der Waals surface area contributed by atoms with E-state index in [9.17, 15) is 0 Å². The molecule has 32 heavy (non-hydrogen) atoms. The van der Waals surface area contributed by atoms with Crippen molar-refractivity contribution in [2.24, 2.45) is 0 Å². The van der Waals surface area contributed by atoms with Crippen molar-refractivity contribution in [1.82, 2.24) is 10.1 Å². The van der Waals surface area contributed by atoms with Crippen LogP contribution in [0, 0.1) is 0 Å². The average molecular weight is 449 g/mol. The summed E-state index contributed by atoms with van der Waals surface area (Å²) in [6.07, 6.45) is 3.63. The molecule has 0 atom stereocenters. The Morgan fingerprint density at radius 1 is 0.906 bits per heavy atom. The summed E-state index contributed by atoms with van der Waals surface area (Å²) >= 11 is 6.10. The van der Waals surface area contributed by atoms with Gasteiger partial charge < -0.3 is 18.7 Å². The molecule has 0 fully saturated rings. The van der Waals surface area contributed by atoms with Crippen LogP contribution in [0.5, 0.6) is 17.2 Å². The van der Waals surface area contributed by atoms with E-state index >= 15 is 0 Å². The van der Waals surface area contributed by atoms with Crippen molar-refractivity contribution in [2.45, 2.75) is 6.61 Å². The fourth-order valence-corrected chi connectivity index (χ4v) is 3.30. The second-order valence-electron chi connectivity index (χ2n) is 6.81. The molecule has 3 aromatic carbocycles. The monoisotopic (exact) mass is 448 g/mol. The maximum atomic E-state index is 6.10. The lowest BCUT2D eigenvalue weighted by molar-refractivity contribution is 0.296. The Morgan fingerprint density at radius 3 is 2.47 bits per heavy atom. The van der Waals surface area contributed by atoms with Crippen molar-refractivity contribution in [3.63, 3.8) is 0 Å². The van der Waals surface area contributed by atoms with Gasteiger partial charge in [0.1, 0.15) is 23.9 Å². The number of ether oxygens (including phenoxy) is 3. The van der Waals surface area contributed by atoms with Crippen molar-refractivity contribution >= 4 is 23.8 Å². The fraction of sp³-hybridized carbons (Fsp3) is 0.120. The molecule has 6 nitrogen and oxygen atoms in total. The number of methoxy groups -OCH3 is 2. The summed E-state index contributed by atoms with van der Waals surface area (Å²) in [7, 11) is 3.22. The molecule has 0 spiro atoms. The van der Waals surface area contributed by atoms with Crippen LogP contribution in [0.4, 0.5) is 0 Å². The third-order valence-electron chi connectivity index (χ3n) is 4.70. The second-order valence-corrected chi connectivity index (χ2v) is 7.24. The minimum atomic E-state index is 0.361. The Labute approximate surface area is 191 Å². The standard InChI is InChI=1S/C25H21ClN2O4/c1-29-22-11-8-17(14-18(22)16-31-20-6-4-3-5-7-20)9-13-24-27-25(28-32-24)21-15-19(26)10-12-23(21)30-2/h3-15H,16H2,1-2H3/b13-9-. The zero-order chi connectivity index (χ0) is 22.3. The maximum absolute atomic E-state index is 6.10. The predicted octanol–water partition coefficient (Wildman–Crippen LogP) is 6.16. The van der Waals surface area contributed by atoms with Crippen molar-refractivity contribution in [3.05, 3.63) is 88.8 Å². The smallest absolute Gasteiger partial charge is 0.250 e. The van der Waals surface area contributed by atoms with E-state index in [4.69, 9.17) is 30.3 Å². The lowest BCUT2D eigenvalue weighted by Crippen LogP contribution is -1.99. The molecule has 4 rings (SSSR count). The Bertz CT molecular complexity index is 1220. The van der Waals surface area contributed by atoms with Gasteiger partial charge in [0.15, 0.2) is 0 Å². The van der Waals surface area contributed by atoms with Gasteiger partial charge in [-0.05, 0) is 54.1 Å². The van der Waals surface area contributed by atoms with Crippen molar-refractivity contribution < 1.29 is 18.7 Å². The quantitative estimate of drug-likeness (QED) is 0.321. The summed E-state index contributed by atoms with van der Waals surface area (Å²) in [6, 6.07) is 20.7. The second kappa shape index (κ2) is 10.0. The predicted molar refractivity (Wildman–Crippen MR) is 124 cm³/mol. The SMILES string of the molecule is COc1ccc(/C=C\c2nc(-c3cc(Cl)ccc3OC)no2)cc1COc1ccccc1. The van der Waals surface area contributed by atoms with Crippen LogP contribution in [0.1, 0.15) is 17.0 Å². The Balaban J connectivity index is 1.52. The third kappa shape index (κ3) is 5.10. The highest BCUT2D eigenvalue weighted by molar-refractivity contribution is 6.30. The van der Waals surface area contributed by atoms with E-state index in [0.717, 1.165) is 22.6 Å². The van der Waals surface area contributed by atoms with Crippen LogP contribution < -0.4 is 14.2 Å². The number of rotatable bonds is 8. The van der Waals surface area contributed by atoms with Gasteiger partial charge in [-0.2, -0.15) is 4.98 Å². The lowest BCUT2D eigenvalue weighted by Gasteiger charge is -2.11. The van der Waals surface area contributed by atoms with Crippen molar-refractivity contribution in [3.8, 4) is 28.6 Å². The first-order chi connectivity index (χ1) is 15.7. The highest BCUT2D eigenvalue weighted by Crippen LogP contribution is 2.31. The summed E-state index contributed by atoms with van der Waals surface area (Å²) in [5.74, 6) is 2.93. The molecule has 1 heterocycles. The molecule has 7 heteroatoms. The van der Waals surface area contributed by atoms with Gasteiger partial charge in [-0.25, -0.2) is 0 Å². The topological polar surface area (TPSA) is 66.6 Å². The molecule has 0 amide bonds. The van der Waals surface area contributed by atoms with Crippen LogP contribution in [-0.2, 0) is 6.61 Å². The van der Waals surface area contributed by atoms with E-state index in [2.05, 4.69) is 10.1 Å². The van der Waals surface area contributed by atoms with E-state index in [1.54, 1.807) is 38.5 Å². The molecule has 0 aliphatic carbocycles. The van der Waals surface area contributed by atoms with E-state index in [1.807, 2.05) is 54.6 Å². The number of nitrogens with zero attached hydrogens (tertiary/aromatic N) is 2. The molecule has 1 aromatic heterocycles. The number of hydrogen-bond acceptors (Lipinski definition) is 6. The van der Waals surface area contributed by atoms with Crippen molar-refractivity contribution in [2.75, 3.05) is 14.2 Å². The Morgan fingerprint density at radius 2 is 1.69 bits per heavy atom. The van der Waals surface area contributed by atoms with E-state index in [0.29, 0.717) is 34.7 Å². The summed E-state index contributed by atoms with van der Waals surface area (Å²) in [5.41, 5.74) is 2.53. The molecule has 0 N–H and O–H groups in total. The zero-order valence-corrected chi connectivity index (χ0v) is 18.4. The summed E-state index contributed by atoms with van der Waals surface area (Å²) in [5, 5.41) is 4.60. The lowest BCUT2D eigenvalue weighted by atomic mass is 10.1. The van der Waals surface area contributed by atoms with Gasteiger partial charge in [-0.1, -0.05) is 41.0 Å². The molecule has 0 aliphatic rings. The normalized spacial score (nSPS) is 11.0. The van der Waals surface area contributed by atoms with Crippen LogP contribution in [0.3, 0.4) is 0 Å². The van der Waals surface area contributed by atoms with Gasteiger partial charge in [0.2, 0.25) is 5.82 Å². The molecule has 0 unspecified atom stereocenters. The van der Waals surface area contributed by atoms with Gasteiger partial charge in [0, 0.05) is 16.7 Å². The highest BCUT2D eigenvalue weighted by Gasteiger charge is 2.13. The minimum absolute atomic E-state index is 0.361. The first kappa shape index (κ1) is 21.5. The van der Waals surface area contributed by atoms with Gasteiger partial charge in [0.05, 0.1) is 19.8 Å². The van der Waals surface area contributed by atoms with Gasteiger partial charge in [0.25, 0.3) is 5.89 Å². The third-order valence-corrected chi connectivity index (χ3v) is 4.94. The molecular weight excluding hydrogens is 428 g/mol. The summed E-state index contributed by atoms with van der Waals surface area (Å²) in [6.45, 7) is 0.383. The number of para-hydroxylation sites is 1. The minimum Gasteiger partial charge on any atom is -0.496 e. The van der Waals surface area contributed by atoms with Crippen LogP contribution in [0.2, 0.25) is 5.02 Å². The van der Waals surface area contributed by atoms with Gasteiger partial charge in [-0.15, -0.1) is 0 Å². The zero-order valence-electron chi connectivity index (χ0n) is 17.6. The molecule has 4 aromatic rings. The number of benzene rings is 3. The fourth-order valence-electron chi connectivity index (χ4n) is 3.13. The van der Waals surface area contributed by atoms with Gasteiger partial charge >= 0.3 is 0 Å².